The highest BCUT2D eigenvalue weighted by Crippen LogP contribution is 2.31. The molecule has 1 fully saturated rings. The number of likely N-dealkylation sites (tertiary alicyclic amines) is 1. The summed E-state index contributed by atoms with van der Waals surface area (Å²) in [5, 5.41) is 15.3. The Morgan fingerprint density at radius 1 is 1.19 bits per heavy atom. The van der Waals surface area contributed by atoms with E-state index in [0.29, 0.717) is 17.4 Å². The third kappa shape index (κ3) is 3.64. The predicted molar refractivity (Wildman–Crippen MR) is 104 cm³/mol. The lowest BCUT2D eigenvalue weighted by Gasteiger charge is -2.33. The largest absolute Gasteiger partial charge is 0.468 e. The number of hydrogen-bond acceptors (Lipinski definition) is 6. The molecule has 27 heavy (non-hydrogen) atoms. The Labute approximate surface area is 157 Å². The maximum absolute atomic E-state index is 11.3. The second-order valence-corrected chi connectivity index (χ2v) is 6.80. The Bertz CT molecular complexity index is 920. The van der Waals surface area contributed by atoms with Crippen LogP contribution in [-0.2, 0) is 0 Å². The molecule has 0 unspecified atom stereocenters. The normalized spacial score (nSPS) is 16.3. The Morgan fingerprint density at radius 3 is 2.78 bits per heavy atom. The van der Waals surface area contributed by atoms with Gasteiger partial charge in [0, 0.05) is 18.8 Å². The van der Waals surface area contributed by atoms with Crippen molar-refractivity contribution in [2.75, 3.05) is 25.0 Å². The fourth-order valence-corrected chi connectivity index (χ4v) is 3.79. The van der Waals surface area contributed by atoms with Gasteiger partial charge in [-0.25, -0.2) is 0 Å². The highest BCUT2D eigenvalue weighted by Gasteiger charge is 2.25. The fourth-order valence-electron chi connectivity index (χ4n) is 3.79. The minimum atomic E-state index is -0.368. The topological polar surface area (TPSA) is 84.4 Å². The summed E-state index contributed by atoms with van der Waals surface area (Å²) >= 11 is 0. The van der Waals surface area contributed by atoms with Crippen LogP contribution in [0.4, 0.5) is 11.4 Å². The first-order chi connectivity index (χ1) is 13.2. The van der Waals surface area contributed by atoms with Crippen molar-refractivity contribution in [1.82, 2.24) is 9.88 Å². The number of nitro benzene ring substituents is 1. The maximum Gasteiger partial charge on any atom is 0.278 e. The van der Waals surface area contributed by atoms with Gasteiger partial charge in [-0.3, -0.25) is 20.0 Å². The molecule has 0 amide bonds. The molecule has 1 aromatic carbocycles. The van der Waals surface area contributed by atoms with Crippen molar-refractivity contribution in [3.05, 3.63) is 64.7 Å². The molecule has 1 aliphatic rings. The Kier molecular flexibility index (Phi) is 5.02. The average Bonchev–Trinajstić information content (AvgIpc) is 3.23. The number of aromatic nitrogens is 1. The summed E-state index contributed by atoms with van der Waals surface area (Å²) < 4.78 is 5.69. The van der Waals surface area contributed by atoms with Gasteiger partial charge in [-0.1, -0.05) is 6.42 Å². The number of benzene rings is 1. The van der Waals surface area contributed by atoms with E-state index < -0.39 is 0 Å². The highest BCUT2D eigenvalue weighted by molar-refractivity contribution is 5.96. The van der Waals surface area contributed by atoms with Gasteiger partial charge < -0.3 is 9.73 Å². The summed E-state index contributed by atoms with van der Waals surface area (Å²) in [4.78, 5) is 17.7. The molecule has 1 saturated heterocycles. The van der Waals surface area contributed by atoms with Gasteiger partial charge in [-0.15, -0.1) is 0 Å². The van der Waals surface area contributed by atoms with E-state index in [1.165, 1.54) is 25.3 Å². The lowest BCUT2D eigenvalue weighted by Crippen LogP contribution is -2.37. The molecule has 0 radical (unpaired) electrons. The molecule has 0 aliphatic carbocycles. The molecule has 140 valence electrons. The second kappa shape index (κ2) is 7.75. The molecule has 0 spiro atoms. The van der Waals surface area contributed by atoms with E-state index in [-0.39, 0.29) is 16.7 Å². The van der Waals surface area contributed by atoms with Crippen LogP contribution in [0.1, 0.15) is 31.1 Å². The van der Waals surface area contributed by atoms with Gasteiger partial charge in [0.1, 0.15) is 11.3 Å². The number of nitrogens with zero attached hydrogens (tertiary/aromatic N) is 3. The van der Waals surface area contributed by atoms with Crippen LogP contribution >= 0.6 is 0 Å². The molecule has 4 rings (SSSR count). The zero-order chi connectivity index (χ0) is 18.6. The molecule has 1 atom stereocenters. The standard InChI is InChI=1S/C20H22N4O3/c25-24(26)17-9-8-16(20-15(17)6-4-10-21-20)22-14-18(19-7-5-13-27-19)23-11-2-1-3-12-23/h4-10,13,18,22H,1-3,11-12,14H2/t18-/m1/s1. The Balaban J connectivity index is 1.61. The molecule has 0 bridgehead atoms. The third-order valence-electron chi connectivity index (χ3n) is 5.13. The van der Waals surface area contributed by atoms with Gasteiger partial charge in [0.2, 0.25) is 0 Å². The number of rotatable bonds is 6. The summed E-state index contributed by atoms with van der Waals surface area (Å²) in [6.07, 6.45) is 7.02. The monoisotopic (exact) mass is 366 g/mol. The minimum absolute atomic E-state index is 0.0715. The SMILES string of the molecule is O=[N+]([O-])c1ccc(NC[C@H](c2ccco2)N2CCCCC2)c2ncccc12. The molecular formula is C20H22N4O3. The molecule has 7 heteroatoms. The summed E-state index contributed by atoms with van der Waals surface area (Å²) in [7, 11) is 0. The molecule has 0 saturated carbocycles. The van der Waals surface area contributed by atoms with Crippen LogP contribution in [0.2, 0.25) is 0 Å². The molecule has 3 aromatic rings. The van der Waals surface area contributed by atoms with Crippen LogP contribution in [0.25, 0.3) is 10.9 Å². The summed E-state index contributed by atoms with van der Waals surface area (Å²) in [5.41, 5.74) is 1.48. The van der Waals surface area contributed by atoms with E-state index in [1.807, 2.05) is 12.1 Å². The lowest BCUT2D eigenvalue weighted by molar-refractivity contribution is -0.383. The Morgan fingerprint density at radius 2 is 2.04 bits per heavy atom. The Hall–Kier alpha value is -2.93. The molecule has 1 aliphatic heterocycles. The third-order valence-corrected chi connectivity index (χ3v) is 5.13. The van der Waals surface area contributed by atoms with E-state index in [9.17, 15) is 10.1 Å². The van der Waals surface area contributed by atoms with Crippen LogP contribution in [-0.4, -0.2) is 34.4 Å². The summed E-state index contributed by atoms with van der Waals surface area (Å²) in [6.45, 7) is 2.75. The van der Waals surface area contributed by atoms with Gasteiger partial charge in [0.15, 0.2) is 0 Å². The number of pyridine rings is 1. The number of piperidine rings is 1. The van der Waals surface area contributed by atoms with E-state index >= 15 is 0 Å². The number of fused-ring (bicyclic) bond motifs is 1. The molecule has 7 nitrogen and oxygen atoms in total. The average molecular weight is 366 g/mol. The van der Waals surface area contributed by atoms with Crippen molar-refractivity contribution in [1.29, 1.82) is 0 Å². The first kappa shape index (κ1) is 17.5. The number of nitro groups is 1. The minimum Gasteiger partial charge on any atom is -0.468 e. The van der Waals surface area contributed by atoms with Gasteiger partial charge in [0.25, 0.3) is 5.69 Å². The quantitative estimate of drug-likeness (QED) is 0.515. The fraction of sp³-hybridized carbons (Fsp3) is 0.350. The molecule has 2 aromatic heterocycles. The van der Waals surface area contributed by atoms with E-state index in [1.54, 1.807) is 30.7 Å². The van der Waals surface area contributed by atoms with Crippen molar-refractivity contribution in [3.8, 4) is 0 Å². The van der Waals surface area contributed by atoms with Crippen molar-refractivity contribution in [2.45, 2.75) is 25.3 Å². The van der Waals surface area contributed by atoms with Crippen LogP contribution in [0.5, 0.6) is 0 Å². The van der Waals surface area contributed by atoms with Crippen molar-refractivity contribution in [2.24, 2.45) is 0 Å². The summed E-state index contributed by atoms with van der Waals surface area (Å²) in [5.74, 6) is 0.934. The summed E-state index contributed by atoms with van der Waals surface area (Å²) in [6, 6.07) is 10.8. The number of furan rings is 1. The van der Waals surface area contributed by atoms with Crippen LogP contribution in [0.3, 0.4) is 0 Å². The predicted octanol–water partition coefficient (Wildman–Crippen LogP) is 4.38. The van der Waals surface area contributed by atoms with Gasteiger partial charge >= 0.3 is 0 Å². The zero-order valence-electron chi connectivity index (χ0n) is 15.0. The van der Waals surface area contributed by atoms with Crippen molar-refractivity contribution >= 4 is 22.3 Å². The van der Waals surface area contributed by atoms with Gasteiger partial charge in [-0.2, -0.15) is 0 Å². The molecular weight excluding hydrogens is 344 g/mol. The second-order valence-electron chi connectivity index (χ2n) is 6.80. The van der Waals surface area contributed by atoms with E-state index in [4.69, 9.17) is 4.42 Å². The smallest absolute Gasteiger partial charge is 0.278 e. The van der Waals surface area contributed by atoms with Crippen molar-refractivity contribution < 1.29 is 9.34 Å². The number of hydrogen-bond donors (Lipinski definition) is 1. The maximum atomic E-state index is 11.3. The van der Waals surface area contributed by atoms with Crippen molar-refractivity contribution in [3.63, 3.8) is 0 Å². The number of anilines is 1. The van der Waals surface area contributed by atoms with E-state index in [0.717, 1.165) is 24.5 Å². The zero-order valence-corrected chi connectivity index (χ0v) is 15.0. The van der Waals surface area contributed by atoms with Gasteiger partial charge in [-0.05, 0) is 56.3 Å². The number of nitrogens with one attached hydrogen (secondary N) is 1. The first-order valence-electron chi connectivity index (χ1n) is 9.27. The molecule has 3 heterocycles. The highest BCUT2D eigenvalue weighted by atomic mass is 16.6. The lowest BCUT2D eigenvalue weighted by atomic mass is 10.1. The van der Waals surface area contributed by atoms with Crippen LogP contribution in [0.15, 0.2) is 53.3 Å². The molecule has 1 N–H and O–H groups in total. The van der Waals surface area contributed by atoms with E-state index in [2.05, 4.69) is 15.2 Å². The van der Waals surface area contributed by atoms with Gasteiger partial charge in [0.05, 0.1) is 28.3 Å². The first-order valence-corrected chi connectivity index (χ1v) is 9.27. The van der Waals surface area contributed by atoms with Crippen LogP contribution < -0.4 is 5.32 Å². The number of non-ortho nitro benzene ring substituents is 1. The van der Waals surface area contributed by atoms with Crippen LogP contribution in [0, 0.1) is 10.1 Å².